The fourth-order valence-corrected chi connectivity index (χ4v) is 9.84. The highest BCUT2D eigenvalue weighted by Gasteiger charge is 2.66. The van der Waals surface area contributed by atoms with Gasteiger partial charge in [0.25, 0.3) is 0 Å². The first kappa shape index (κ1) is 45.2. The van der Waals surface area contributed by atoms with Crippen molar-refractivity contribution in [2.75, 3.05) is 20.7 Å². The molecule has 0 aliphatic carbocycles. The van der Waals surface area contributed by atoms with Gasteiger partial charge in [0.15, 0.2) is 17.7 Å². The molecule has 11 nitrogen and oxygen atoms in total. The van der Waals surface area contributed by atoms with Crippen molar-refractivity contribution in [1.29, 1.82) is 0 Å². The van der Waals surface area contributed by atoms with Gasteiger partial charge in [0, 0.05) is 35.9 Å². The lowest BCUT2D eigenvalue weighted by Crippen LogP contribution is -2.64. The molecular formula is C44H73N3O8. The Bertz CT molecular complexity index is 1530. The molecule has 4 rings (SSSR count). The van der Waals surface area contributed by atoms with E-state index in [2.05, 4.69) is 79.3 Å². The zero-order valence-corrected chi connectivity index (χ0v) is 37.1. The maximum atomic E-state index is 14.9. The number of esters is 1. The van der Waals surface area contributed by atoms with E-state index in [4.69, 9.17) is 28.7 Å². The summed E-state index contributed by atoms with van der Waals surface area (Å²) in [5, 5.41) is 0. The van der Waals surface area contributed by atoms with Crippen LogP contribution in [0.4, 0.5) is 4.79 Å². The Morgan fingerprint density at radius 3 is 2.15 bits per heavy atom. The van der Waals surface area contributed by atoms with E-state index in [1.54, 1.807) is 13.8 Å². The number of ether oxygens (including phenoxy) is 5. The number of Topliss-reactive ketones (excluding diaryl/α,β-unsaturated/α-hetero) is 1. The predicted octanol–water partition coefficient (Wildman–Crippen LogP) is 7.47. The second-order valence-electron chi connectivity index (χ2n) is 19.2. The summed E-state index contributed by atoms with van der Waals surface area (Å²) in [6.45, 7) is 29.6. The molecular weight excluding hydrogens is 698 g/mol. The summed E-state index contributed by atoms with van der Waals surface area (Å²) in [5.74, 6) is 4.03. The van der Waals surface area contributed by atoms with Crippen molar-refractivity contribution in [3.05, 3.63) is 0 Å². The zero-order chi connectivity index (χ0) is 41.6. The Balaban J connectivity index is 1.99. The van der Waals surface area contributed by atoms with Gasteiger partial charge < -0.3 is 28.6 Å². The second-order valence-corrected chi connectivity index (χ2v) is 19.2. The van der Waals surface area contributed by atoms with Gasteiger partial charge in [-0.25, -0.2) is 4.79 Å². The number of unbranched alkanes of at least 4 members (excludes halogenated alkanes) is 1. The molecule has 0 aromatic carbocycles. The van der Waals surface area contributed by atoms with Gasteiger partial charge in [0.05, 0.1) is 34.9 Å². The number of amides is 1. The smallest absolute Gasteiger partial charge is 0.411 e. The number of hydrogen-bond donors (Lipinski definition) is 0. The highest BCUT2D eigenvalue weighted by molar-refractivity contribution is 6.04. The van der Waals surface area contributed by atoms with Crippen molar-refractivity contribution in [3.8, 4) is 11.8 Å². The number of carbonyl (C=O) groups is 3. The summed E-state index contributed by atoms with van der Waals surface area (Å²) in [5.41, 5.74) is -4.53. The van der Waals surface area contributed by atoms with Crippen LogP contribution in [-0.2, 0) is 33.3 Å². The van der Waals surface area contributed by atoms with Crippen molar-refractivity contribution >= 4 is 23.6 Å². The molecule has 0 N–H and O–H groups in total. The summed E-state index contributed by atoms with van der Waals surface area (Å²) in [7, 11) is 4.13. The minimum Gasteiger partial charge on any atom is -0.457 e. The minimum atomic E-state index is -1.58. The van der Waals surface area contributed by atoms with Gasteiger partial charge in [-0.3, -0.25) is 19.5 Å². The van der Waals surface area contributed by atoms with Crippen LogP contribution in [0.5, 0.6) is 0 Å². The third kappa shape index (κ3) is 8.27. The zero-order valence-electron chi connectivity index (χ0n) is 37.1. The molecule has 12 atom stereocenters. The predicted molar refractivity (Wildman–Crippen MR) is 215 cm³/mol. The molecule has 4 heterocycles. The first-order valence-corrected chi connectivity index (χ1v) is 20.8. The van der Waals surface area contributed by atoms with Crippen molar-refractivity contribution < 1.29 is 38.1 Å². The number of carbonyl (C=O) groups excluding carboxylic acids is 3. The normalized spacial score (nSPS) is 40.3. The molecule has 3 saturated heterocycles. The topological polar surface area (TPSA) is 116 Å². The van der Waals surface area contributed by atoms with Crippen LogP contribution in [0.2, 0.25) is 0 Å². The number of cyclic esters (lactones) is 1. The van der Waals surface area contributed by atoms with Crippen LogP contribution in [0.15, 0.2) is 4.99 Å². The minimum absolute atomic E-state index is 0.0336. The van der Waals surface area contributed by atoms with E-state index in [9.17, 15) is 14.4 Å². The number of aliphatic imine (C=N–C) groups is 1. The molecule has 55 heavy (non-hydrogen) atoms. The van der Waals surface area contributed by atoms with E-state index in [-0.39, 0.29) is 42.3 Å². The first-order chi connectivity index (χ1) is 25.3. The Morgan fingerprint density at radius 2 is 1.56 bits per heavy atom. The van der Waals surface area contributed by atoms with Crippen molar-refractivity contribution in [3.63, 3.8) is 0 Å². The molecule has 0 saturated carbocycles. The molecule has 4 aliphatic heterocycles. The van der Waals surface area contributed by atoms with E-state index in [1.807, 2.05) is 46.4 Å². The maximum Gasteiger partial charge on any atom is 0.411 e. The van der Waals surface area contributed by atoms with Gasteiger partial charge in [-0.05, 0) is 108 Å². The van der Waals surface area contributed by atoms with E-state index in [0.29, 0.717) is 12.8 Å². The number of fused-ring (bicyclic) bond motifs is 1. The van der Waals surface area contributed by atoms with Crippen LogP contribution in [0.1, 0.15) is 136 Å². The molecule has 0 aromatic rings. The third-order valence-corrected chi connectivity index (χ3v) is 13.8. The van der Waals surface area contributed by atoms with E-state index in [1.165, 1.54) is 0 Å². The van der Waals surface area contributed by atoms with Crippen LogP contribution in [0.25, 0.3) is 0 Å². The summed E-state index contributed by atoms with van der Waals surface area (Å²) in [6, 6.07) is -0.349. The fraction of sp³-hybridized carbons (Fsp3) is 0.864. The molecule has 1 amide bonds. The molecule has 4 aliphatic rings. The SMILES string of the molecule is CCCC#CCO[C@@]1(C)C[C@@H](C)C2=NC(C)(C)C(C)(C)N3C(=O)O[C@](C)([C@@H](CC)OC(=O)C(C)(C)C(=O)[C@H](C)[C@H]1O[C@@H]1O[C@H](C)C[C@H](N(C)C)[C@H]1C)[C@H]3[C@H]2C. The number of ketones is 1. The van der Waals surface area contributed by atoms with Gasteiger partial charge in [-0.1, -0.05) is 47.5 Å². The quantitative estimate of drug-likeness (QED) is 0.148. The summed E-state index contributed by atoms with van der Waals surface area (Å²) < 4.78 is 33.3. The highest BCUT2D eigenvalue weighted by atomic mass is 16.7. The van der Waals surface area contributed by atoms with E-state index < -0.39 is 70.2 Å². The molecule has 312 valence electrons. The van der Waals surface area contributed by atoms with E-state index >= 15 is 0 Å². The van der Waals surface area contributed by atoms with Gasteiger partial charge in [-0.15, -0.1) is 5.92 Å². The Kier molecular flexibility index (Phi) is 13.5. The largest absolute Gasteiger partial charge is 0.457 e. The number of hydrogen-bond acceptors (Lipinski definition) is 10. The van der Waals surface area contributed by atoms with Crippen molar-refractivity contribution in [2.45, 2.75) is 195 Å². The lowest BCUT2D eigenvalue weighted by atomic mass is 9.71. The molecule has 0 radical (unpaired) electrons. The Labute approximate surface area is 332 Å². The van der Waals surface area contributed by atoms with Crippen molar-refractivity contribution in [2.24, 2.45) is 34.1 Å². The van der Waals surface area contributed by atoms with Gasteiger partial charge in [-0.2, -0.15) is 0 Å². The summed E-state index contributed by atoms with van der Waals surface area (Å²) in [4.78, 5) is 53.1. The first-order valence-electron chi connectivity index (χ1n) is 20.8. The van der Waals surface area contributed by atoms with Crippen LogP contribution < -0.4 is 0 Å². The van der Waals surface area contributed by atoms with Crippen molar-refractivity contribution in [1.82, 2.24) is 9.80 Å². The highest BCUT2D eigenvalue weighted by Crippen LogP contribution is 2.50. The number of rotatable bonds is 7. The lowest BCUT2D eigenvalue weighted by Gasteiger charge is -2.48. The average Bonchev–Trinajstić information content (AvgIpc) is 3.35. The second kappa shape index (κ2) is 16.4. The van der Waals surface area contributed by atoms with Gasteiger partial charge >= 0.3 is 12.1 Å². The maximum absolute atomic E-state index is 14.9. The van der Waals surface area contributed by atoms with Gasteiger partial charge in [0.2, 0.25) is 0 Å². The van der Waals surface area contributed by atoms with Crippen LogP contribution in [0, 0.1) is 40.9 Å². The number of nitrogens with zero attached hydrogens (tertiary/aromatic N) is 3. The molecule has 2 bridgehead atoms. The molecule has 0 unspecified atom stereocenters. The third-order valence-electron chi connectivity index (χ3n) is 13.8. The van der Waals surface area contributed by atoms with Crippen LogP contribution in [-0.4, -0.2) is 113 Å². The van der Waals surface area contributed by atoms with Crippen LogP contribution in [0.3, 0.4) is 0 Å². The lowest BCUT2D eigenvalue weighted by molar-refractivity contribution is -0.282. The summed E-state index contributed by atoms with van der Waals surface area (Å²) >= 11 is 0. The fourth-order valence-electron chi connectivity index (χ4n) is 9.84. The average molecular weight is 772 g/mol. The Hall–Kier alpha value is -2.52. The summed E-state index contributed by atoms with van der Waals surface area (Å²) in [6.07, 6.45) is 0.424. The van der Waals surface area contributed by atoms with Crippen LogP contribution >= 0.6 is 0 Å². The standard InChI is InChI=1S/C44H73N3O8/c1-18-20-21-22-23-51-43(14)25-26(3)33-29(6)34-44(15,55-39(50)47(34)42(12,13)41(10,11)45-33)32(19-2)53-38(49)40(8,9)35(48)30(7)36(43)54-37-28(5)31(46(16)17)24-27(4)52-37/h26-32,34,36-37H,18-20,23-25H2,1-17H3/t26-,27-,28-,29+,30+,31+,32-,34-,36-,37+,43+,44-/m1/s1. The van der Waals surface area contributed by atoms with Gasteiger partial charge in [0.1, 0.15) is 18.1 Å². The van der Waals surface area contributed by atoms with E-state index in [0.717, 1.165) is 25.0 Å². The molecule has 0 aromatic heterocycles. The molecule has 0 spiro atoms. The monoisotopic (exact) mass is 772 g/mol. The molecule has 11 heteroatoms. The Morgan fingerprint density at radius 1 is 0.927 bits per heavy atom. The molecule has 3 fully saturated rings.